The molecule has 0 radical (unpaired) electrons. The number of ether oxygens (including phenoxy) is 1. The normalized spacial score (nSPS) is 13.1. The van der Waals surface area contributed by atoms with Crippen LogP contribution in [0.5, 0.6) is 5.75 Å². The third-order valence-electron chi connectivity index (χ3n) is 3.70. The van der Waals surface area contributed by atoms with Crippen molar-refractivity contribution in [1.29, 1.82) is 0 Å². The van der Waals surface area contributed by atoms with Gasteiger partial charge in [-0.2, -0.15) is 5.10 Å². The zero-order valence-electron chi connectivity index (χ0n) is 14.1. The van der Waals surface area contributed by atoms with Crippen molar-refractivity contribution in [3.05, 3.63) is 40.7 Å². The van der Waals surface area contributed by atoms with Crippen LogP contribution in [0.3, 0.4) is 0 Å². The molecule has 1 aromatic heterocycles. The second kappa shape index (κ2) is 6.72. The maximum Gasteiger partial charge on any atom is 0.244 e. The van der Waals surface area contributed by atoms with Crippen molar-refractivity contribution < 1.29 is 13.2 Å². The Kier molecular flexibility index (Phi) is 5.11. The predicted octanol–water partition coefficient (Wildman–Crippen LogP) is 2.25. The molecular formula is C16H23N3O3S. The maximum atomic E-state index is 12.7. The Balaban J connectivity index is 2.23. The van der Waals surface area contributed by atoms with Gasteiger partial charge in [0, 0.05) is 18.2 Å². The first-order valence-corrected chi connectivity index (χ1v) is 8.89. The van der Waals surface area contributed by atoms with E-state index in [0.29, 0.717) is 12.2 Å². The van der Waals surface area contributed by atoms with E-state index in [4.69, 9.17) is 4.74 Å². The average molecular weight is 337 g/mol. The zero-order chi connectivity index (χ0) is 17.2. The van der Waals surface area contributed by atoms with Crippen molar-refractivity contribution in [1.82, 2.24) is 14.9 Å². The van der Waals surface area contributed by atoms with E-state index in [0.717, 1.165) is 22.5 Å². The van der Waals surface area contributed by atoms with Gasteiger partial charge in [0.05, 0.1) is 12.8 Å². The highest BCUT2D eigenvalue weighted by Crippen LogP contribution is 2.27. The van der Waals surface area contributed by atoms with E-state index < -0.39 is 10.0 Å². The summed E-state index contributed by atoms with van der Waals surface area (Å²) in [5.74, 6) is 0.350. The molecule has 0 spiro atoms. The third-order valence-corrected chi connectivity index (χ3v) is 5.31. The van der Waals surface area contributed by atoms with Crippen molar-refractivity contribution in [3.63, 3.8) is 0 Å². The molecule has 126 valence electrons. The van der Waals surface area contributed by atoms with Crippen LogP contribution >= 0.6 is 0 Å². The first kappa shape index (κ1) is 17.5. The number of methoxy groups -OCH3 is 1. The average Bonchev–Trinajstić information content (AvgIpc) is 2.85. The smallest absolute Gasteiger partial charge is 0.244 e. The fourth-order valence-corrected chi connectivity index (χ4v) is 3.87. The fraction of sp³-hybridized carbons (Fsp3) is 0.438. The van der Waals surface area contributed by atoms with E-state index in [1.165, 1.54) is 7.11 Å². The Labute approximate surface area is 137 Å². The summed E-state index contributed by atoms with van der Waals surface area (Å²) in [7, 11) is -2.20. The summed E-state index contributed by atoms with van der Waals surface area (Å²) in [5, 5.41) is 6.99. The first-order chi connectivity index (χ1) is 10.7. The van der Waals surface area contributed by atoms with Crippen molar-refractivity contribution in [2.24, 2.45) is 0 Å². The molecular weight excluding hydrogens is 314 g/mol. The van der Waals surface area contributed by atoms with Gasteiger partial charge in [-0.25, -0.2) is 13.1 Å². The molecule has 1 aromatic carbocycles. The van der Waals surface area contributed by atoms with Crippen LogP contribution in [0.15, 0.2) is 23.1 Å². The Morgan fingerprint density at radius 2 is 1.87 bits per heavy atom. The Morgan fingerprint density at radius 3 is 2.43 bits per heavy atom. The van der Waals surface area contributed by atoms with Crippen molar-refractivity contribution in [2.45, 2.75) is 45.1 Å². The number of hydrogen-bond acceptors (Lipinski definition) is 4. The van der Waals surface area contributed by atoms with E-state index in [1.807, 2.05) is 33.8 Å². The lowest BCUT2D eigenvalue weighted by Crippen LogP contribution is -2.34. The predicted molar refractivity (Wildman–Crippen MR) is 89.3 cm³/mol. The van der Waals surface area contributed by atoms with Gasteiger partial charge in [-0.1, -0.05) is 0 Å². The van der Waals surface area contributed by atoms with Crippen molar-refractivity contribution in [3.8, 4) is 5.75 Å². The van der Waals surface area contributed by atoms with Crippen molar-refractivity contribution in [2.75, 3.05) is 7.11 Å². The van der Waals surface area contributed by atoms with Crippen LogP contribution in [0.1, 0.15) is 29.4 Å². The maximum absolute atomic E-state index is 12.7. The fourth-order valence-electron chi connectivity index (χ4n) is 2.40. The van der Waals surface area contributed by atoms with E-state index in [-0.39, 0.29) is 10.9 Å². The highest BCUT2D eigenvalue weighted by atomic mass is 32.2. The number of sulfonamides is 1. The monoisotopic (exact) mass is 337 g/mol. The van der Waals surface area contributed by atoms with Crippen LogP contribution in [-0.2, 0) is 16.4 Å². The van der Waals surface area contributed by atoms with Crippen LogP contribution in [0, 0.1) is 20.8 Å². The number of nitrogens with zero attached hydrogens (tertiary/aromatic N) is 1. The Morgan fingerprint density at radius 1 is 1.22 bits per heavy atom. The van der Waals surface area contributed by atoms with Crippen LogP contribution in [0.25, 0.3) is 0 Å². The quantitative estimate of drug-likeness (QED) is 0.847. The lowest BCUT2D eigenvalue weighted by atomic mass is 10.1. The molecule has 0 aliphatic heterocycles. The molecule has 0 amide bonds. The van der Waals surface area contributed by atoms with E-state index in [9.17, 15) is 8.42 Å². The van der Waals surface area contributed by atoms with Gasteiger partial charge in [-0.05, 0) is 57.0 Å². The molecule has 23 heavy (non-hydrogen) atoms. The number of benzene rings is 1. The number of H-pyrrole nitrogens is 1. The number of aromatic amines is 1. The molecule has 1 heterocycles. The highest BCUT2D eigenvalue weighted by molar-refractivity contribution is 7.89. The molecule has 0 fully saturated rings. The first-order valence-electron chi connectivity index (χ1n) is 7.41. The van der Waals surface area contributed by atoms with Crippen LogP contribution < -0.4 is 9.46 Å². The van der Waals surface area contributed by atoms with Gasteiger partial charge < -0.3 is 4.74 Å². The molecule has 0 bridgehead atoms. The molecule has 2 rings (SSSR count). The second-order valence-corrected chi connectivity index (χ2v) is 7.54. The minimum absolute atomic E-state index is 0.160. The third kappa shape index (κ3) is 4.11. The van der Waals surface area contributed by atoms with Crippen LogP contribution in [-0.4, -0.2) is 31.8 Å². The Bertz CT molecular complexity index is 797. The molecule has 7 heteroatoms. The molecule has 6 nitrogen and oxygen atoms in total. The Hall–Kier alpha value is -1.86. The topological polar surface area (TPSA) is 84.1 Å². The van der Waals surface area contributed by atoms with Gasteiger partial charge in [0.2, 0.25) is 10.0 Å². The molecule has 0 saturated carbocycles. The lowest BCUT2D eigenvalue weighted by Gasteiger charge is -2.16. The largest absolute Gasteiger partial charge is 0.495 e. The zero-order valence-corrected chi connectivity index (χ0v) is 14.9. The van der Waals surface area contributed by atoms with Gasteiger partial charge in [-0.3, -0.25) is 5.10 Å². The molecule has 0 saturated heterocycles. The summed E-state index contributed by atoms with van der Waals surface area (Å²) in [6.45, 7) is 7.52. The number of hydrogen-bond donors (Lipinski definition) is 2. The summed E-state index contributed by atoms with van der Waals surface area (Å²) in [6.07, 6.45) is 0.511. The summed E-state index contributed by atoms with van der Waals surface area (Å²) < 4.78 is 33.2. The molecule has 1 atom stereocenters. The van der Waals surface area contributed by atoms with Crippen molar-refractivity contribution >= 4 is 10.0 Å². The summed E-state index contributed by atoms with van der Waals surface area (Å²) in [5.41, 5.74) is 3.67. The van der Waals surface area contributed by atoms with Crippen LogP contribution in [0.2, 0.25) is 0 Å². The molecule has 2 N–H and O–H groups in total. The standard InChI is InChI=1S/C16H23N3O3S/c1-10-6-15(22-5)16(7-11(10)2)23(20,21)19-13(4)9-14-8-12(3)17-18-14/h6-8,13,19H,9H2,1-5H3,(H,17,18). The number of aromatic nitrogens is 2. The van der Waals surface area contributed by atoms with E-state index in [2.05, 4.69) is 14.9 Å². The van der Waals surface area contributed by atoms with E-state index in [1.54, 1.807) is 12.1 Å². The number of nitrogens with one attached hydrogen (secondary N) is 2. The molecule has 0 aliphatic carbocycles. The van der Waals surface area contributed by atoms with Gasteiger partial charge in [0.25, 0.3) is 0 Å². The number of rotatable bonds is 6. The van der Waals surface area contributed by atoms with Gasteiger partial charge in [0.1, 0.15) is 10.6 Å². The van der Waals surface area contributed by atoms with Gasteiger partial charge in [0.15, 0.2) is 0 Å². The van der Waals surface area contributed by atoms with Gasteiger partial charge in [-0.15, -0.1) is 0 Å². The molecule has 1 unspecified atom stereocenters. The molecule has 0 aliphatic rings. The SMILES string of the molecule is COc1cc(C)c(C)cc1S(=O)(=O)NC(C)Cc1cc(C)[nH]n1. The minimum Gasteiger partial charge on any atom is -0.495 e. The summed E-state index contributed by atoms with van der Waals surface area (Å²) in [4.78, 5) is 0.160. The highest BCUT2D eigenvalue weighted by Gasteiger charge is 2.23. The molecule has 2 aromatic rings. The minimum atomic E-state index is -3.67. The van der Waals surface area contributed by atoms with Crippen LogP contribution in [0.4, 0.5) is 0 Å². The summed E-state index contributed by atoms with van der Waals surface area (Å²) >= 11 is 0. The lowest BCUT2D eigenvalue weighted by molar-refractivity contribution is 0.401. The van der Waals surface area contributed by atoms with Gasteiger partial charge >= 0.3 is 0 Å². The second-order valence-electron chi connectivity index (χ2n) is 5.86. The van der Waals surface area contributed by atoms with E-state index >= 15 is 0 Å². The summed E-state index contributed by atoms with van der Waals surface area (Å²) in [6, 6.07) is 5.00. The number of aryl methyl sites for hydroxylation is 3.